The zero-order valence-electron chi connectivity index (χ0n) is 65.7. The molecule has 19 heteroatoms. The van der Waals surface area contributed by atoms with E-state index in [0.717, 1.165) is 108 Å². The molecule has 2 unspecified atom stereocenters. The van der Waals surface area contributed by atoms with E-state index in [0.29, 0.717) is 25.7 Å². The number of carbonyl (C=O) groups is 4. The quantitative estimate of drug-likeness (QED) is 0.0222. The second-order valence-electron chi connectivity index (χ2n) is 30.6. The Bertz CT molecular complexity index is 1940. The zero-order chi connectivity index (χ0) is 73.7. The van der Waals surface area contributed by atoms with Gasteiger partial charge in [0.15, 0.2) is 12.2 Å². The minimum Gasteiger partial charge on any atom is -0.462 e. The molecule has 0 aliphatic carbocycles. The number of hydrogen-bond acceptors (Lipinski definition) is 15. The highest BCUT2D eigenvalue weighted by atomic mass is 31.2. The van der Waals surface area contributed by atoms with E-state index in [4.69, 9.17) is 37.0 Å². The van der Waals surface area contributed by atoms with Crippen LogP contribution in [0.5, 0.6) is 0 Å². The van der Waals surface area contributed by atoms with Crippen LogP contribution in [0, 0.1) is 17.8 Å². The molecule has 0 fully saturated rings. The first-order chi connectivity index (χ1) is 48.2. The Hall–Kier alpha value is -1.94. The zero-order valence-corrected chi connectivity index (χ0v) is 67.5. The van der Waals surface area contributed by atoms with Gasteiger partial charge in [-0.15, -0.1) is 0 Å². The molecule has 594 valence electrons. The van der Waals surface area contributed by atoms with Crippen molar-refractivity contribution in [3.05, 3.63) is 0 Å². The fraction of sp³-hybridized carbons (Fsp3) is 0.951. The normalized spacial score (nSPS) is 14.0. The van der Waals surface area contributed by atoms with Crippen LogP contribution < -0.4 is 0 Å². The first-order valence-corrected chi connectivity index (χ1v) is 44.8. The molecule has 3 N–H and O–H groups in total. The summed E-state index contributed by atoms with van der Waals surface area (Å²) < 4.78 is 68.7. The van der Waals surface area contributed by atoms with Crippen molar-refractivity contribution < 1.29 is 80.2 Å². The molecule has 0 amide bonds. The van der Waals surface area contributed by atoms with Crippen LogP contribution in [-0.4, -0.2) is 96.7 Å². The van der Waals surface area contributed by atoms with Gasteiger partial charge in [0.25, 0.3) is 0 Å². The van der Waals surface area contributed by atoms with E-state index < -0.39 is 97.5 Å². The second kappa shape index (κ2) is 71.3. The van der Waals surface area contributed by atoms with Gasteiger partial charge in [0.2, 0.25) is 0 Å². The number of aliphatic hydroxyl groups is 1. The Morgan fingerprint density at radius 3 is 0.680 bits per heavy atom. The van der Waals surface area contributed by atoms with Crippen molar-refractivity contribution >= 4 is 39.5 Å². The van der Waals surface area contributed by atoms with Crippen LogP contribution >= 0.6 is 15.6 Å². The molecule has 0 radical (unpaired) electrons. The lowest BCUT2D eigenvalue weighted by Gasteiger charge is -2.21. The molecular formula is C81H158O17P2. The van der Waals surface area contributed by atoms with Gasteiger partial charge in [-0.1, -0.05) is 370 Å². The van der Waals surface area contributed by atoms with Crippen molar-refractivity contribution in [2.75, 3.05) is 39.6 Å². The average Bonchev–Trinajstić information content (AvgIpc) is 1.03. The van der Waals surface area contributed by atoms with E-state index in [2.05, 4.69) is 48.5 Å². The molecule has 5 atom stereocenters. The second-order valence-corrected chi connectivity index (χ2v) is 33.5. The molecule has 0 saturated carbocycles. The molecule has 100 heavy (non-hydrogen) atoms. The minimum atomic E-state index is -4.96. The third kappa shape index (κ3) is 74.3. The van der Waals surface area contributed by atoms with Crippen molar-refractivity contribution in [2.24, 2.45) is 17.8 Å². The Labute approximate surface area is 613 Å². The molecule has 0 aromatic heterocycles. The fourth-order valence-electron chi connectivity index (χ4n) is 12.5. The maximum absolute atomic E-state index is 13.1. The van der Waals surface area contributed by atoms with Gasteiger partial charge in [0.1, 0.15) is 19.3 Å². The summed E-state index contributed by atoms with van der Waals surface area (Å²) in [6.07, 6.45) is 59.9. The van der Waals surface area contributed by atoms with E-state index in [1.54, 1.807) is 0 Å². The van der Waals surface area contributed by atoms with Crippen molar-refractivity contribution in [1.82, 2.24) is 0 Å². The lowest BCUT2D eigenvalue weighted by molar-refractivity contribution is -0.161. The molecule has 0 aliphatic rings. The van der Waals surface area contributed by atoms with Crippen LogP contribution in [0.2, 0.25) is 0 Å². The standard InChI is InChI=1S/C81H158O17P2/c1-8-9-10-11-12-13-14-15-16-17-18-19-20-21-22-23-24-29-34-43-50-57-64-80(85)97-76(68-91-78(83)62-55-48-41-33-28-26-25-27-31-38-45-52-59-72(2)3)70-95-99(87,88)93-66-75(82)67-94-100(89,90)96-71-77(69-92-79(84)63-56-49-42-37-36-40-47-54-61-74(6)7)98-81(86)65-58-51-44-35-30-32-39-46-53-60-73(4)5/h72-77,82H,8-71H2,1-7H3,(H,87,88)(H,89,90)/t75-,76-,77-/m1/s1. The van der Waals surface area contributed by atoms with Gasteiger partial charge in [0, 0.05) is 25.7 Å². The van der Waals surface area contributed by atoms with Crippen molar-refractivity contribution in [1.29, 1.82) is 0 Å². The summed E-state index contributed by atoms with van der Waals surface area (Å²) in [6.45, 7) is 11.9. The summed E-state index contributed by atoms with van der Waals surface area (Å²) in [5.41, 5.74) is 0. The molecular weight excluding hydrogens is 1310 g/mol. The number of esters is 4. The number of ether oxygens (including phenoxy) is 4. The van der Waals surface area contributed by atoms with Crippen LogP contribution in [-0.2, 0) is 65.4 Å². The largest absolute Gasteiger partial charge is 0.472 e. The third-order valence-corrected chi connectivity index (χ3v) is 20.8. The SMILES string of the molecule is CCCCCCCCCCCCCCCCCCCCCCCCC(=O)O[C@H](COC(=O)CCCCCCCCCCCCCCC(C)C)COP(=O)(O)OC[C@@H](O)COP(=O)(O)OC[C@@H](COC(=O)CCCCCCCCCCC(C)C)OC(=O)CCCCCCCCCCCC(C)C. The van der Waals surface area contributed by atoms with Gasteiger partial charge in [-0.25, -0.2) is 9.13 Å². The fourth-order valence-corrected chi connectivity index (χ4v) is 14.1. The average molecular weight is 1470 g/mol. The van der Waals surface area contributed by atoms with E-state index >= 15 is 0 Å². The van der Waals surface area contributed by atoms with Crippen LogP contribution in [0.25, 0.3) is 0 Å². The van der Waals surface area contributed by atoms with E-state index in [1.807, 2.05) is 0 Å². The number of rotatable bonds is 79. The molecule has 0 saturated heterocycles. The highest BCUT2D eigenvalue weighted by Crippen LogP contribution is 2.45. The molecule has 0 spiro atoms. The Kier molecular flexibility index (Phi) is 69.9. The van der Waals surface area contributed by atoms with Gasteiger partial charge in [-0.05, 0) is 43.4 Å². The predicted octanol–water partition coefficient (Wildman–Crippen LogP) is 24.1. The van der Waals surface area contributed by atoms with Gasteiger partial charge >= 0.3 is 39.5 Å². The van der Waals surface area contributed by atoms with Crippen LogP contribution in [0.1, 0.15) is 421 Å². The Balaban J connectivity index is 5.21. The number of aliphatic hydroxyl groups excluding tert-OH is 1. The number of carbonyl (C=O) groups excluding carboxylic acids is 4. The number of hydrogen-bond donors (Lipinski definition) is 3. The number of phosphoric ester groups is 2. The van der Waals surface area contributed by atoms with Crippen molar-refractivity contribution in [3.8, 4) is 0 Å². The van der Waals surface area contributed by atoms with E-state index in [-0.39, 0.29) is 25.7 Å². The smallest absolute Gasteiger partial charge is 0.462 e. The van der Waals surface area contributed by atoms with Crippen molar-refractivity contribution in [3.63, 3.8) is 0 Å². The summed E-state index contributed by atoms with van der Waals surface area (Å²) in [4.78, 5) is 73.0. The summed E-state index contributed by atoms with van der Waals surface area (Å²) in [7, 11) is -9.92. The van der Waals surface area contributed by atoms with Crippen molar-refractivity contribution in [2.45, 2.75) is 439 Å². The topological polar surface area (TPSA) is 237 Å². The maximum atomic E-state index is 13.1. The summed E-state index contributed by atoms with van der Waals surface area (Å²) in [5, 5.41) is 10.6. The first-order valence-electron chi connectivity index (χ1n) is 41.8. The summed E-state index contributed by atoms with van der Waals surface area (Å²) in [6, 6.07) is 0. The molecule has 17 nitrogen and oxygen atoms in total. The van der Waals surface area contributed by atoms with Crippen LogP contribution in [0.15, 0.2) is 0 Å². The molecule has 0 aromatic rings. The molecule has 0 aliphatic heterocycles. The highest BCUT2D eigenvalue weighted by molar-refractivity contribution is 7.47. The Morgan fingerprint density at radius 2 is 0.460 bits per heavy atom. The molecule has 0 rings (SSSR count). The monoisotopic (exact) mass is 1470 g/mol. The maximum Gasteiger partial charge on any atom is 0.472 e. The van der Waals surface area contributed by atoms with Crippen LogP contribution in [0.3, 0.4) is 0 Å². The van der Waals surface area contributed by atoms with Crippen LogP contribution in [0.4, 0.5) is 0 Å². The van der Waals surface area contributed by atoms with Gasteiger partial charge in [0.05, 0.1) is 26.4 Å². The molecule has 0 aromatic carbocycles. The van der Waals surface area contributed by atoms with Gasteiger partial charge < -0.3 is 33.8 Å². The number of unbranched alkanes of at least 4 members (excludes halogenated alkanes) is 47. The molecule has 0 heterocycles. The number of phosphoric acid groups is 2. The third-order valence-electron chi connectivity index (χ3n) is 18.9. The lowest BCUT2D eigenvalue weighted by atomic mass is 10.0. The minimum absolute atomic E-state index is 0.105. The van der Waals surface area contributed by atoms with E-state index in [9.17, 15) is 43.2 Å². The van der Waals surface area contributed by atoms with E-state index in [1.165, 1.54) is 231 Å². The Morgan fingerprint density at radius 1 is 0.270 bits per heavy atom. The van der Waals surface area contributed by atoms with Gasteiger partial charge in [-0.2, -0.15) is 0 Å². The first kappa shape index (κ1) is 98.1. The van der Waals surface area contributed by atoms with Gasteiger partial charge in [-0.3, -0.25) is 37.3 Å². The summed E-state index contributed by atoms with van der Waals surface area (Å²) in [5.74, 6) is 0.130. The predicted molar refractivity (Wildman–Crippen MR) is 409 cm³/mol. The molecule has 0 bridgehead atoms. The summed E-state index contributed by atoms with van der Waals surface area (Å²) >= 11 is 0. The lowest BCUT2D eigenvalue weighted by Crippen LogP contribution is -2.30. The highest BCUT2D eigenvalue weighted by Gasteiger charge is 2.30.